The zero-order valence-corrected chi connectivity index (χ0v) is 34.3. The Hall–Kier alpha value is -1.58. The molecule has 0 saturated heterocycles. The van der Waals surface area contributed by atoms with Gasteiger partial charge in [0.1, 0.15) is 0 Å². The zero-order chi connectivity index (χ0) is 37.3. The Bertz CT molecular complexity index is 806. The molecule has 1 atom stereocenters. The van der Waals surface area contributed by atoms with Crippen LogP contribution >= 0.6 is 0 Å². The average molecular weight is 720 g/mol. The van der Waals surface area contributed by atoms with Crippen molar-refractivity contribution in [3.05, 3.63) is 0 Å². The molecule has 6 nitrogen and oxygen atoms in total. The van der Waals surface area contributed by atoms with E-state index < -0.39 is 0 Å². The van der Waals surface area contributed by atoms with Crippen molar-refractivity contribution in [1.82, 2.24) is 4.90 Å². The van der Waals surface area contributed by atoms with Gasteiger partial charge < -0.3 is 19.5 Å². The SMILES string of the molecule is CCCCC#CCCCOC(=O)CCCCN(CCCO)CCCCCCCC(=O)OCC(CCCCCCC)CCCCCCCCCCC. The fourth-order valence-electron chi connectivity index (χ4n) is 6.60. The summed E-state index contributed by atoms with van der Waals surface area (Å²) in [7, 11) is 0. The van der Waals surface area contributed by atoms with Crippen LogP contribution in [0.1, 0.15) is 220 Å². The predicted octanol–water partition coefficient (Wildman–Crippen LogP) is 12.1. The summed E-state index contributed by atoms with van der Waals surface area (Å²) in [5.41, 5.74) is 0. The smallest absolute Gasteiger partial charge is 0.305 e. The maximum atomic E-state index is 12.6. The number of aliphatic hydroxyl groups is 1. The van der Waals surface area contributed by atoms with E-state index in [4.69, 9.17) is 9.47 Å². The Morgan fingerprint density at radius 1 is 0.510 bits per heavy atom. The third kappa shape index (κ3) is 38.0. The molecule has 0 amide bonds. The largest absolute Gasteiger partial charge is 0.466 e. The van der Waals surface area contributed by atoms with Crippen molar-refractivity contribution in [2.75, 3.05) is 39.5 Å². The molecular formula is C45H85NO5. The molecule has 0 aliphatic rings. The lowest BCUT2D eigenvalue weighted by atomic mass is 9.94. The molecule has 300 valence electrons. The van der Waals surface area contributed by atoms with Crippen LogP contribution in [-0.2, 0) is 19.1 Å². The van der Waals surface area contributed by atoms with Crippen molar-refractivity contribution in [3.63, 3.8) is 0 Å². The van der Waals surface area contributed by atoms with Crippen LogP contribution in [0.2, 0.25) is 0 Å². The van der Waals surface area contributed by atoms with Gasteiger partial charge in [0.25, 0.3) is 0 Å². The highest BCUT2D eigenvalue weighted by Crippen LogP contribution is 2.20. The van der Waals surface area contributed by atoms with E-state index in [1.807, 2.05) is 0 Å². The van der Waals surface area contributed by atoms with Gasteiger partial charge >= 0.3 is 11.9 Å². The van der Waals surface area contributed by atoms with Crippen molar-refractivity contribution in [2.24, 2.45) is 5.92 Å². The van der Waals surface area contributed by atoms with Gasteiger partial charge in [0.15, 0.2) is 0 Å². The fraction of sp³-hybridized carbons (Fsp3) is 0.911. The molecule has 0 aromatic carbocycles. The van der Waals surface area contributed by atoms with E-state index in [0.29, 0.717) is 32.0 Å². The predicted molar refractivity (Wildman–Crippen MR) is 217 cm³/mol. The van der Waals surface area contributed by atoms with Crippen LogP contribution < -0.4 is 0 Å². The van der Waals surface area contributed by atoms with E-state index in [1.54, 1.807) is 0 Å². The lowest BCUT2D eigenvalue weighted by Gasteiger charge is -2.22. The van der Waals surface area contributed by atoms with E-state index in [1.165, 1.54) is 109 Å². The van der Waals surface area contributed by atoms with E-state index in [-0.39, 0.29) is 18.5 Å². The average Bonchev–Trinajstić information content (AvgIpc) is 3.13. The summed E-state index contributed by atoms with van der Waals surface area (Å²) in [6.45, 7) is 10.9. The Labute approximate surface area is 317 Å². The highest BCUT2D eigenvalue weighted by atomic mass is 16.5. The normalized spacial score (nSPS) is 11.8. The van der Waals surface area contributed by atoms with E-state index >= 15 is 0 Å². The third-order valence-corrected chi connectivity index (χ3v) is 9.99. The van der Waals surface area contributed by atoms with Crippen LogP contribution in [0.4, 0.5) is 0 Å². The van der Waals surface area contributed by atoms with Gasteiger partial charge in [-0.05, 0) is 76.8 Å². The third-order valence-electron chi connectivity index (χ3n) is 9.99. The second-order valence-electron chi connectivity index (χ2n) is 15.0. The van der Waals surface area contributed by atoms with Crippen LogP contribution in [0, 0.1) is 17.8 Å². The molecule has 0 saturated carbocycles. The molecule has 0 aromatic rings. The minimum atomic E-state index is -0.105. The number of ether oxygens (including phenoxy) is 2. The van der Waals surface area contributed by atoms with Gasteiger partial charge in [-0.2, -0.15) is 0 Å². The highest BCUT2D eigenvalue weighted by Gasteiger charge is 2.13. The summed E-state index contributed by atoms with van der Waals surface area (Å²) in [4.78, 5) is 27.1. The molecule has 0 spiro atoms. The second kappa shape index (κ2) is 41.2. The summed E-state index contributed by atoms with van der Waals surface area (Å²) >= 11 is 0. The number of nitrogens with zero attached hydrogens (tertiary/aromatic N) is 1. The van der Waals surface area contributed by atoms with Gasteiger partial charge in [-0.1, -0.05) is 136 Å². The molecule has 0 radical (unpaired) electrons. The molecule has 0 bridgehead atoms. The van der Waals surface area contributed by atoms with Crippen LogP contribution in [0.15, 0.2) is 0 Å². The number of unbranched alkanes of at least 4 members (excludes halogenated alkanes) is 20. The molecular weight excluding hydrogens is 634 g/mol. The van der Waals surface area contributed by atoms with Crippen molar-refractivity contribution >= 4 is 11.9 Å². The van der Waals surface area contributed by atoms with Crippen LogP contribution in [0.25, 0.3) is 0 Å². The molecule has 0 aliphatic carbocycles. The molecule has 51 heavy (non-hydrogen) atoms. The maximum absolute atomic E-state index is 12.6. The molecule has 1 unspecified atom stereocenters. The lowest BCUT2D eigenvalue weighted by molar-refractivity contribution is -0.145. The lowest BCUT2D eigenvalue weighted by Crippen LogP contribution is -2.28. The highest BCUT2D eigenvalue weighted by molar-refractivity contribution is 5.69. The minimum absolute atomic E-state index is 0.00997. The molecule has 6 heteroatoms. The van der Waals surface area contributed by atoms with Crippen LogP contribution in [-0.4, -0.2) is 61.4 Å². The van der Waals surface area contributed by atoms with Gasteiger partial charge in [-0.3, -0.25) is 9.59 Å². The number of hydrogen-bond donors (Lipinski definition) is 1. The second-order valence-corrected chi connectivity index (χ2v) is 15.0. The van der Waals surface area contributed by atoms with E-state index in [9.17, 15) is 14.7 Å². The summed E-state index contributed by atoms with van der Waals surface area (Å²) in [6, 6.07) is 0. The number of aliphatic hydroxyl groups excluding tert-OH is 1. The number of carbonyl (C=O) groups excluding carboxylic acids is 2. The number of carbonyl (C=O) groups is 2. The van der Waals surface area contributed by atoms with E-state index in [2.05, 4.69) is 37.5 Å². The topological polar surface area (TPSA) is 76.1 Å². The minimum Gasteiger partial charge on any atom is -0.466 e. The Morgan fingerprint density at radius 2 is 0.941 bits per heavy atom. The zero-order valence-electron chi connectivity index (χ0n) is 34.3. The molecule has 0 rings (SSSR count). The number of rotatable bonds is 39. The standard InChI is InChI=1S/C45H85NO5/c1-4-7-10-13-15-16-17-21-26-34-43(33-25-20-12-9-6-3)42-51-45(49)35-27-22-19-23-29-37-46(39-32-40-47)38-30-28-36-44(48)50-41-31-24-18-14-11-8-5-2/h43,47H,4-13,15-17,19-42H2,1-3H3. The molecule has 0 aliphatic heterocycles. The Balaban J connectivity index is 4.10. The van der Waals surface area contributed by atoms with E-state index in [0.717, 1.165) is 96.7 Å². The maximum Gasteiger partial charge on any atom is 0.305 e. The van der Waals surface area contributed by atoms with Crippen molar-refractivity contribution < 1.29 is 24.2 Å². The van der Waals surface area contributed by atoms with Gasteiger partial charge in [0.05, 0.1) is 13.2 Å². The first-order valence-corrected chi connectivity index (χ1v) is 22.2. The summed E-state index contributed by atoms with van der Waals surface area (Å²) in [5, 5.41) is 9.34. The molecule has 0 aromatic heterocycles. The summed E-state index contributed by atoms with van der Waals surface area (Å²) in [5.74, 6) is 6.74. The number of esters is 2. The summed E-state index contributed by atoms with van der Waals surface area (Å²) in [6.07, 6.45) is 35.0. The van der Waals surface area contributed by atoms with Gasteiger partial charge in [-0.15, -0.1) is 11.8 Å². The van der Waals surface area contributed by atoms with Gasteiger partial charge in [0.2, 0.25) is 0 Å². The first kappa shape index (κ1) is 49.4. The first-order valence-electron chi connectivity index (χ1n) is 22.2. The van der Waals surface area contributed by atoms with Crippen molar-refractivity contribution in [3.8, 4) is 11.8 Å². The quantitative estimate of drug-likeness (QED) is 0.0387. The van der Waals surface area contributed by atoms with Gasteiger partial charge in [-0.25, -0.2) is 0 Å². The Kier molecular flexibility index (Phi) is 39.9. The number of hydrogen-bond acceptors (Lipinski definition) is 6. The molecule has 0 heterocycles. The van der Waals surface area contributed by atoms with Crippen LogP contribution in [0.5, 0.6) is 0 Å². The molecule has 1 N–H and O–H groups in total. The summed E-state index contributed by atoms with van der Waals surface area (Å²) < 4.78 is 11.2. The van der Waals surface area contributed by atoms with Crippen molar-refractivity contribution in [1.29, 1.82) is 0 Å². The van der Waals surface area contributed by atoms with Crippen molar-refractivity contribution in [2.45, 2.75) is 220 Å². The molecule has 0 fully saturated rings. The Morgan fingerprint density at radius 3 is 1.51 bits per heavy atom. The van der Waals surface area contributed by atoms with Crippen LogP contribution in [0.3, 0.4) is 0 Å². The monoisotopic (exact) mass is 720 g/mol. The van der Waals surface area contributed by atoms with Gasteiger partial charge in [0, 0.05) is 38.8 Å². The fourth-order valence-corrected chi connectivity index (χ4v) is 6.60. The first-order chi connectivity index (χ1) is 25.1.